The summed E-state index contributed by atoms with van der Waals surface area (Å²) >= 11 is 5.58. The zero-order chi connectivity index (χ0) is 9.42. The van der Waals surface area contributed by atoms with Crippen LogP contribution in [0.2, 0.25) is 5.28 Å². The number of hydrogen-bond acceptors (Lipinski definition) is 6. The van der Waals surface area contributed by atoms with Gasteiger partial charge >= 0.3 is 0 Å². The number of aliphatic hydroxyl groups is 1. The predicted molar refractivity (Wildman–Crippen MR) is 47.5 cm³/mol. The third kappa shape index (κ3) is 1.63. The van der Waals surface area contributed by atoms with Crippen molar-refractivity contribution in [2.75, 3.05) is 23.7 Å². The molecule has 0 spiro atoms. The maximum Gasteiger partial charge on any atom is 0.231 e. The van der Waals surface area contributed by atoms with Crippen LogP contribution in [0.3, 0.4) is 0 Å². The van der Waals surface area contributed by atoms with Gasteiger partial charge in [0.15, 0.2) is 0 Å². The van der Waals surface area contributed by atoms with Gasteiger partial charge in [0.25, 0.3) is 0 Å². The zero-order valence-electron chi connectivity index (χ0n) is 6.68. The summed E-state index contributed by atoms with van der Waals surface area (Å²) in [5, 5.41) is 9.11. The summed E-state index contributed by atoms with van der Waals surface area (Å²) in [6.45, 7) is 1.03. The molecule has 0 bridgehead atoms. The molecule has 1 aromatic heterocycles. The van der Waals surface area contributed by atoms with E-state index in [0.717, 1.165) is 0 Å². The van der Waals surface area contributed by atoms with E-state index in [4.69, 9.17) is 22.4 Å². The summed E-state index contributed by atoms with van der Waals surface area (Å²) in [5.41, 5.74) is 5.37. The molecule has 0 atom stereocenters. The van der Waals surface area contributed by atoms with Gasteiger partial charge in [0.2, 0.25) is 17.2 Å². The Balaban J connectivity index is 2.21. The Kier molecular flexibility index (Phi) is 1.93. The van der Waals surface area contributed by atoms with Gasteiger partial charge in [-0.15, -0.1) is 0 Å². The average molecular weight is 202 g/mol. The fourth-order valence-electron chi connectivity index (χ4n) is 1.11. The van der Waals surface area contributed by atoms with Crippen LogP contribution in [0.4, 0.5) is 11.9 Å². The molecule has 1 aliphatic rings. The molecular weight excluding hydrogens is 194 g/mol. The number of nitrogen functional groups attached to an aromatic ring is 1. The first-order valence-electron chi connectivity index (χ1n) is 3.75. The molecule has 2 heterocycles. The topological polar surface area (TPSA) is 88.2 Å². The fourth-order valence-corrected chi connectivity index (χ4v) is 1.28. The van der Waals surface area contributed by atoms with Crippen LogP contribution >= 0.6 is 11.6 Å². The van der Waals surface area contributed by atoms with Gasteiger partial charge in [-0.25, -0.2) is 0 Å². The summed E-state index contributed by atoms with van der Waals surface area (Å²) in [4.78, 5) is 13.1. The van der Waals surface area contributed by atoms with Crippen LogP contribution in [0, 0.1) is 0 Å². The second kappa shape index (κ2) is 2.97. The van der Waals surface area contributed by atoms with Crippen molar-refractivity contribution >= 4 is 23.5 Å². The molecule has 0 saturated carbocycles. The van der Waals surface area contributed by atoms with Crippen molar-refractivity contribution in [1.82, 2.24) is 15.0 Å². The zero-order valence-corrected chi connectivity index (χ0v) is 7.44. The van der Waals surface area contributed by atoms with Crippen molar-refractivity contribution in [1.29, 1.82) is 0 Å². The summed E-state index contributed by atoms with van der Waals surface area (Å²) in [5.74, 6) is 0.513. The van der Waals surface area contributed by atoms with Crippen molar-refractivity contribution in [3.05, 3.63) is 5.28 Å². The van der Waals surface area contributed by atoms with E-state index < -0.39 is 0 Å². The summed E-state index contributed by atoms with van der Waals surface area (Å²) in [6.07, 6.45) is -0.309. The lowest BCUT2D eigenvalue weighted by Crippen LogP contribution is -2.51. The van der Waals surface area contributed by atoms with Gasteiger partial charge in [0.1, 0.15) is 0 Å². The molecule has 0 radical (unpaired) electrons. The second-order valence-electron chi connectivity index (χ2n) is 2.82. The third-order valence-electron chi connectivity index (χ3n) is 1.76. The number of nitrogens with zero attached hydrogens (tertiary/aromatic N) is 4. The van der Waals surface area contributed by atoms with Crippen LogP contribution in [0.15, 0.2) is 0 Å². The first-order chi connectivity index (χ1) is 6.15. The normalized spacial score (nSPS) is 17.2. The highest BCUT2D eigenvalue weighted by molar-refractivity contribution is 6.28. The Morgan fingerprint density at radius 1 is 1.38 bits per heavy atom. The molecule has 3 N–H and O–H groups in total. The highest BCUT2D eigenvalue weighted by Gasteiger charge is 2.27. The van der Waals surface area contributed by atoms with Gasteiger partial charge < -0.3 is 15.7 Å². The van der Waals surface area contributed by atoms with E-state index in [9.17, 15) is 0 Å². The average Bonchev–Trinajstić information content (AvgIpc) is 1.96. The largest absolute Gasteiger partial charge is 0.389 e. The lowest BCUT2D eigenvalue weighted by Gasteiger charge is -2.35. The lowest BCUT2D eigenvalue weighted by molar-refractivity contribution is 0.140. The van der Waals surface area contributed by atoms with Gasteiger partial charge in [-0.05, 0) is 11.6 Å². The van der Waals surface area contributed by atoms with Gasteiger partial charge in [0.05, 0.1) is 6.10 Å². The minimum atomic E-state index is -0.309. The van der Waals surface area contributed by atoms with Crippen molar-refractivity contribution < 1.29 is 5.11 Å². The van der Waals surface area contributed by atoms with Crippen LogP contribution in [-0.4, -0.2) is 39.3 Å². The molecule has 0 aliphatic carbocycles. The molecule has 0 aromatic carbocycles. The SMILES string of the molecule is Nc1nc(Cl)nc(N2CC(O)C2)n1. The first kappa shape index (κ1) is 8.46. The Bertz CT molecular complexity index is 307. The summed E-state index contributed by atoms with van der Waals surface area (Å²) in [6, 6.07) is 0. The maximum atomic E-state index is 9.04. The molecule has 0 unspecified atom stereocenters. The molecule has 6 nitrogen and oxygen atoms in total. The Hall–Kier alpha value is -1.14. The van der Waals surface area contributed by atoms with Crippen molar-refractivity contribution in [3.63, 3.8) is 0 Å². The van der Waals surface area contributed by atoms with Crippen molar-refractivity contribution in [3.8, 4) is 0 Å². The number of hydrogen-bond donors (Lipinski definition) is 2. The quantitative estimate of drug-likeness (QED) is 0.624. The van der Waals surface area contributed by atoms with Gasteiger partial charge in [-0.3, -0.25) is 0 Å². The molecule has 0 amide bonds. The van der Waals surface area contributed by atoms with Crippen molar-refractivity contribution in [2.24, 2.45) is 0 Å². The number of aliphatic hydroxyl groups excluding tert-OH is 1. The predicted octanol–water partition coefficient (Wildman–Crippen LogP) is -0.712. The molecule has 1 fully saturated rings. The van der Waals surface area contributed by atoms with E-state index in [0.29, 0.717) is 19.0 Å². The molecule has 2 rings (SSSR count). The smallest absolute Gasteiger partial charge is 0.231 e. The molecular formula is C6H8ClN5O. The van der Waals surface area contributed by atoms with Crippen LogP contribution in [0.5, 0.6) is 0 Å². The highest BCUT2D eigenvalue weighted by Crippen LogP contribution is 2.17. The van der Waals surface area contributed by atoms with E-state index in [1.54, 1.807) is 4.90 Å². The maximum absolute atomic E-state index is 9.04. The van der Waals surface area contributed by atoms with Crippen LogP contribution in [0.25, 0.3) is 0 Å². The lowest BCUT2D eigenvalue weighted by atomic mass is 10.2. The molecule has 1 aliphatic heterocycles. The standard InChI is InChI=1S/C6H8ClN5O/c7-4-9-5(8)11-6(10-4)12-1-3(13)2-12/h3,13H,1-2H2,(H2,8,9,10,11). The number of halogens is 1. The molecule has 7 heteroatoms. The Labute approximate surface area is 79.4 Å². The van der Waals surface area contributed by atoms with Crippen LogP contribution < -0.4 is 10.6 Å². The van der Waals surface area contributed by atoms with Crippen molar-refractivity contribution in [2.45, 2.75) is 6.10 Å². The fraction of sp³-hybridized carbons (Fsp3) is 0.500. The minimum Gasteiger partial charge on any atom is -0.389 e. The Morgan fingerprint density at radius 2 is 2.08 bits per heavy atom. The van der Waals surface area contributed by atoms with E-state index >= 15 is 0 Å². The number of nitrogens with two attached hydrogens (primary N) is 1. The van der Waals surface area contributed by atoms with Gasteiger partial charge in [-0.2, -0.15) is 15.0 Å². The van der Waals surface area contributed by atoms with E-state index in [1.165, 1.54) is 0 Å². The van der Waals surface area contributed by atoms with E-state index in [1.807, 2.05) is 0 Å². The Morgan fingerprint density at radius 3 is 2.62 bits per heavy atom. The van der Waals surface area contributed by atoms with Crippen LogP contribution in [-0.2, 0) is 0 Å². The third-order valence-corrected chi connectivity index (χ3v) is 1.93. The highest BCUT2D eigenvalue weighted by atomic mass is 35.5. The second-order valence-corrected chi connectivity index (χ2v) is 3.16. The monoisotopic (exact) mass is 201 g/mol. The molecule has 1 saturated heterocycles. The minimum absolute atomic E-state index is 0.0730. The first-order valence-corrected chi connectivity index (χ1v) is 4.13. The molecule has 70 valence electrons. The van der Waals surface area contributed by atoms with Crippen LogP contribution in [0.1, 0.15) is 0 Å². The van der Waals surface area contributed by atoms with Gasteiger partial charge in [0, 0.05) is 13.1 Å². The number of anilines is 2. The van der Waals surface area contributed by atoms with Gasteiger partial charge in [-0.1, -0.05) is 0 Å². The number of rotatable bonds is 1. The van der Waals surface area contributed by atoms with E-state index in [2.05, 4.69) is 15.0 Å². The molecule has 13 heavy (non-hydrogen) atoms. The summed E-state index contributed by atoms with van der Waals surface area (Å²) in [7, 11) is 0. The van der Waals surface area contributed by atoms with E-state index in [-0.39, 0.29) is 17.3 Å². The number of β-amino-alcohol motifs (C(OH)–C–C–N with tert-alkyl or cyclic N) is 1. The number of aromatic nitrogens is 3. The summed E-state index contributed by atoms with van der Waals surface area (Å²) < 4.78 is 0. The molecule has 1 aromatic rings.